The predicted molar refractivity (Wildman–Crippen MR) is 148 cm³/mol. The first-order valence-corrected chi connectivity index (χ1v) is 16.2. The normalized spacial score (nSPS) is 13.5. The summed E-state index contributed by atoms with van der Waals surface area (Å²) >= 11 is -0.106. The molecule has 0 bridgehead atoms. The van der Waals surface area contributed by atoms with Gasteiger partial charge in [0.15, 0.2) is 0 Å². The fourth-order valence-electron chi connectivity index (χ4n) is 4.61. The van der Waals surface area contributed by atoms with Crippen molar-refractivity contribution in [3.8, 4) is 0 Å². The summed E-state index contributed by atoms with van der Waals surface area (Å²) in [7, 11) is 9.63. The van der Waals surface area contributed by atoms with E-state index >= 15 is 0 Å². The molecule has 0 fully saturated rings. The summed E-state index contributed by atoms with van der Waals surface area (Å²) in [4.78, 5) is 0. The minimum atomic E-state index is -0.106. The molecule has 0 heterocycles. The summed E-state index contributed by atoms with van der Waals surface area (Å²) in [5.74, 6) is 1.75. The molecular weight excluding hydrogens is 556 g/mol. The second-order valence-corrected chi connectivity index (χ2v) is 12.5. The Hall–Kier alpha value is -0.438. The first-order valence-electron chi connectivity index (χ1n) is 12.2. The van der Waals surface area contributed by atoms with Crippen molar-refractivity contribution in [3.05, 3.63) is 75.1 Å². The fraction of sp³-hybridized carbons (Fsp3) is 0.571. The van der Waals surface area contributed by atoms with Gasteiger partial charge in [-0.25, -0.2) is 0 Å². The SMILES string of the molecule is CC(C)c1cccc(C(C)C)c1C(N)C[N-]CC(N)c1c(C(C)C)cccc1C(C)C.[Cl][Pd][Cl]. The molecule has 0 aliphatic heterocycles. The second-order valence-electron chi connectivity index (χ2n) is 10.2. The van der Waals surface area contributed by atoms with E-state index in [0.29, 0.717) is 36.8 Å². The Morgan fingerprint density at radius 3 is 1.06 bits per heavy atom. The van der Waals surface area contributed by atoms with E-state index in [1.807, 2.05) is 0 Å². The molecule has 2 aromatic carbocycles. The summed E-state index contributed by atoms with van der Waals surface area (Å²) in [6.07, 6.45) is 0. The van der Waals surface area contributed by atoms with Gasteiger partial charge in [0.05, 0.1) is 0 Å². The van der Waals surface area contributed by atoms with Crippen molar-refractivity contribution in [2.75, 3.05) is 13.1 Å². The van der Waals surface area contributed by atoms with Crippen LogP contribution in [0.1, 0.15) is 125 Å². The Morgan fingerprint density at radius 1 is 0.618 bits per heavy atom. The molecule has 2 aromatic rings. The quantitative estimate of drug-likeness (QED) is 0.269. The molecule has 0 spiro atoms. The van der Waals surface area contributed by atoms with Crippen molar-refractivity contribution in [3.63, 3.8) is 0 Å². The van der Waals surface area contributed by atoms with Crippen LogP contribution in [0.15, 0.2) is 36.4 Å². The van der Waals surface area contributed by atoms with Crippen LogP contribution in [0.3, 0.4) is 0 Å². The minimum absolute atomic E-state index is 0.104. The number of halogens is 2. The van der Waals surface area contributed by atoms with Crippen LogP contribution in [0, 0.1) is 0 Å². The summed E-state index contributed by atoms with van der Waals surface area (Å²) in [5.41, 5.74) is 21.3. The Kier molecular flexibility index (Phi) is 14.5. The summed E-state index contributed by atoms with van der Waals surface area (Å²) in [5, 5.41) is 4.88. The van der Waals surface area contributed by atoms with Crippen molar-refractivity contribution < 1.29 is 15.9 Å². The van der Waals surface area contributed by atoms with Crippen molar-refractivity contribution in [2.45, 2.75) is 91.1 Å². The van der Waals surface area contributed by atoms with E-state index < -0.39 is 0 Å². The number of benzene rings is 2. The molecule has 0 radical (unpaired) electrons. The molecule has 0 saturated carbocycles. The molecule has 34 heavy (non-hydrogen) atoms. The van der Waals surface area contributed by atoms with Crippen LogP contribution in [-0.4, -0.2) is 13.1 Å². The number of rotatable bonds is 10. The Balaban J connectivity index is 0.00000182. The van der Waals surface area contributed by atoms with Gasteiger partial charge in [-0.3, -0.25) is 0 Å². The van der Waals surface area contributed by atoms with Gasteiger partial charge in [0.2, 0.25) is 0 Å². The number of nitrogens with zero attached hydrogens (tertiary/aromatic N) is 1. The summed E-state index contributed by atoms with van der Waals surface area (Å²) < 4.78 is 0. The monoisotopic (exact) mass is 598 g/mol. The zero-order chi connectivity index (χ0) is 26.0. The van der Waals surface area contributed by atoms with Crippen LogP contribution in [0.25, 0.3) is 5.32 Å². The van der Waals surface area contributed by atoms with E-state index in [2.05, 4.69) is 91.8 Å². The molecule has 3 nitrogen and oxygen atoms in total. The van der Waals surface area contributed by atoms with Crippen molar-refractivity contribution >= 4 is 19.1 Å². The van der Waals surface area contributed by atoms with Gasteiger partial charge in [0.25, 0.3) is 0 Å². The fourth-order valence-corrected chi connectivity index (χ4v) is 4.61. The zero-order valence-corrected chi connectivity index (χ0v) is 25.1. The summed E-state index contributed by atoms with van der Waals surface area (Å²) in [6, 6.07) is 13.0. The average Bonchev–Trinajstić information content (AvgIpc) is 2.78. The van der Waals surface area contributed by atoms with Crippen molar-refractivity contribution in [1.29, 1.82) is 0 Å². The van der Waals surface area contributed by atoms with Gasteiger partial charge in [-0.2, -0.15) is 0 Å². The molecule has 196 valence electrons. The van der Waals surface area contributed by atoms with Gasteiger partial charge in [-0.05, 0) is 57.1 Å². The third-order valence-electron chi connectivity index (χ3n) is 6.23. The van der Waals surface area contributed by atoms with Crippen LogP contribution in [0.5, 0.6) is 0 Å². The van der Waals surface area contributed by atoms with Crippen molar-refractivity contribution in [1.82, 2.24) is 0 Å². The molecule has 6 heteroatoms. The van der Waals surface area contributed by atoms with Crippen LogP contribution >= 0.6 is 19.1 Å². The molecule has 2 atom stereocenters. The van der Waals surface area contributed by atoms with Crippen LogP contribution < -0.4 is 11.5 Å². The maximum absolute atomic E-state index is 6.72. The molecule has 2 unspecified atom stereocenters. The third kappa shape index (κ3) is 8.90. The summed E-state index contributed by atoms with van der Waals surface area (Å²) in [6.45, 7) is 19.1. The first-order chi connectivity index (χ1) is 16.0. The molecule has 2 rings (SSSR count). The van der Waals surface area contributed by atoms with Crippen molar-refractivity contribution in [2.24, 2.45) is 11.5 Å². The van der Waals surface area contributed by atoms with Gasteiger partial charge in [-0.1, -0.05) is 91.8 Å². The molecule has 0 aromatic heterocycles. The van der Waals surface area contributed by atoms with Gasteiger partial charge in [-0.15, -0.1) is 13.1 Å². The van der Waals surface area contributed by atoms with Crippen LogP contribution in [-0.2, 0) is 15.9 Å². The maximum atomic E-state index is 6.72. The average molecular weight is 600 g/mol. The molecule has 0 aliphatic carbocycles. The van der Waals surface area contributed by atoms with E-state index in [1.54, 1.807) is 0 Å². The molecular formula is C28H44Cl2N3Pd-. The van der Waals surface area contributed by atoms with Gasteiger partial charge < -0.3 is 16.8 Å². The van der Waals surface area contributed by atoms with Gasteiger partial charge >= 0.3 is 35.0 Å². The predicted octanol–water partition coefficient (Wildman–Crippen LogP) is 8.63. The number of hydrogen-bond acceptors (Lipinski definition) is 2. The van der Waals surface area contributed by atoms with E-state index in [9.17, 15) is 0 Å². The van der Waals surface area contributed by atoms with Crippen LogP contribution in [0.2, 0.25) is 0 Å². The number of hydrogen-bond donors (Lipinski definition) is 2. The van der Waals surface area contributed by atoms with Gasteiger partial charge in [0, 0.05) is 12.1 Å². The van der Waals surface area contributed by atoms with Gasteiger partial charge in [0.1, 0.15) is 0 Å². The molecule has 0 saturated heterocycles. The van der Waals surface area contributed by atoms with E-state index in [1.165, 1.54) is 33.4 Å². The van der Waals surface area contributed by atoms with E-state index in [0.717, 1.165) is 0 Å². The van der Waals surface area contributed by atoms with Crippen LogP contribution in [0.4, 0.5) is 0 Å². The number of nitrogens with two attached hydrogens (primary N) is 2. The third-order valence-corrected chi connectivity index (χ3v) is 6.23. The molecule has 4 N–H and O–H groups in total. The second kappa shape index (κ2) is 15.6. The van der Waals surface area contributed by atoms with E-state index in [4.69, 9.17) is 35.8 Å². The standard InChI is InChI=1S/C28H44N3.2ClH.Pd/c1-17(2)21-11-9-12-22(18(3)4)27(21)25(29)15-31-16-26(30)28-23(19(5)6)13-10-14-24(28)20(7)8;;;/h9-14,17-20,25-26H,15-16,29-30H2,1-8H3;2*1H;/q-1;;;+2/p-2. The Bertz CT molecular complexity index is 747. The Morgan fingerprint density at radius 2 is 0.853 bits per heavy atom. The zero-order valence-electron chi connectivity index (χ0n) is 22.0. The topological polar surface area (TPSA) is 66.1 Å². The van der Waals surface area contributed by atoms with E-state index in [-0.39, 0.29) is 28.0 Å². The molecule has 0 aliphatic rings. The molecule has 0 amide bonds. The first kappa shape index (κ1) is 31.6. The Labute approximate surface area is 224 Å².